The van der Waals surface area contributed by atoms with E-state index in [9.17, 15) is 0 Å². The highest BCUT2D eigenvalue weighted by Gasteiger charge is 2.07. The van der Waals surface area contributed by atoms with Crippen molar-refractivity contribution in [3.05, 3.63) is 45.8 Å². The molecule has 0 aliphatic heterocycles. The summed E-state index contributed by atoms with van der Waals surface area (Å²) >= 11 is 1.79. The van der Waals surface area contributed by atoms with Crippen LogP contribution in [0.15, 0.2) is 29.6 Å². The predicted octanol–water partition coefficient (Wildman–Crippen LogP) is 3.59. The van der Waals surface area contributed by atoms with E-state index < -0.39 is 0 Å². The fraction of sp³-hybridized carbons (Fsp3) is 0.438. The summed E-state index contributed by atoms with van der Waals surface area (Å²) < 4.78 is 0. The van der Waals surface area contributed by atoms with Gasteiger partial charge in [-0.05, 0) is 49.0 Å². The van der Waals surface area contributed by atoms with Crippen molar-refractivity contribution in [2.75, 3.05) is 18.5 Å². The van der Waals surface area contributed by atoms with Crippen LogP contribution in [0.1, 0.15) is 29.5 Å². The summed E-state index contributed by atoms with van der Waals surface area (Å²) in [6.45, 7) is 7.13. The van der Waals surface area contributed by atoms with E-state index >= 15 is 0 Å². The maximum absolute atomic E-state index is 4.65. The van der Waals surface area contributed by atoms with E-state index in [4.69, 9.17) is 0 Å². The van der Waals surface area contributed by atoms with Gasteiger partial charge in [0.25, 0.3) is 0 Å². The molecule has 0 amide bonds. The van der Waals surface area contributed by atoms with Crippen molar-refractivity contribution < 1.29 is 0 Å². The van der Waals surface area contributed by atoms with Crippen LogP contribution < -0.4 is 10.2 Å². The van der Waals surface area contributed by atoms with Gasteiger partial charge >= 0.3 is 0 Å². The third-order valence-electron chi connectivity index (χ3n) is 3.12. The van der Waals surface area contributed by atoms with E-state index in [-0.39, 0.29) is 0 Å². The van der Waals surface area contributed by atoms with Gasteiger partial charge in [-0.25, -0.2) is 4.98 Å². The number of pyridine rings is 1. The minimum atomic E-state index is 0.913. The normalized spacial score (nSPS) is 10.8. The largest absolute Gasteiger partial charge is 0.355 e. The Morgan fingerprint density at radius 3 is 2.90 bits per heavy atom. The number of hydrogen-bond acceptors (Lipinski definition) is 4. The Labute approximate surface area is 125 Å². The molecule has 0 aromatic carbocycles. The molecule has 2 heterocycles. The number of nitrogens with zero attached hydrogens (tertiary/aromatic N) is 2. The van der Waals surface area contributed by atoms with E-state index in [1.54, 1.807) is 11.3 Å². The van der Waals surface area contributed by atoms with Crippen molar-refractivity contribution in [3.63, 3.8) is 0 Å². The predicted molar refractivity (Wildman–Crippen MR) is 87.4 cm³/mol. The topological polar surface area (TPSA) is 28.2 Å². The summed E-state index contributed by atoms with van der Waals surface area (Å²) in [5, 5.41) is 5.56. The van der Waals surface area contributed by atoms with E-state index in [1.807, 2.05) is 0 Å². The number of aryl methyl sites for hydroxylation is 1. The van der Waals surface area contributed by atoms with Crippen molar-refractivity contribution in [2.24, 2.45) is 0 Å². The van der Waals surface area contributed by atoms with Crippen LogP contribution in [-0.4, -0.2) is 18.6 Å². The molecule has 0 saturated carbocycles. The molecule has 0 saturated heterocycles. The van der Waals surface area contributed by atoms with Crippen molar-refractivity contribution >= 4 is 17.2 Å². The monoisotopic (exact) mass is 289 g/mol. The molecular formula is C16H23N3S. The van der Waals surface area contributed by atoms with Gasteiger partial charge in [-0.15, -0.1) is 11.3 Å². The number of nitrogens with one attached hydrogen (secondary N) is 1. The first-order chi connectivity index (χ1) is 9.69. The summed E-state index contributed by atoms with van der Waals surface area (Å²) in [7, 11) is 2.10. The molecule has 0 atom stereocenters. The van der Waals surface area contributed by atoms with Crippen LogP contribution in [0.4, 0.5) is 5.82 Å². The van der Waals surface area contributed by atoms with E-state index in [2.05, 4.69) is 65.7 Å². The highest BCUT2D eigenvalue weighted by atomic mass is 32.1. The third kappa shape index (κ3) is 4.32. The molecule has 20 heavy (non-hydrogen) atoms. The average Bonchev–Trinajstić information content (AvgIpc) is 2.91. The molecule has 2 rings (SSSR count). The van der Waals surface area contributed by atoms with Gasteiger partial charge in [0.1, 0.15) is 5.82 Å². The lowest BCUT2D eigenvalue weighted by Crippen LogP contribution is -2.19. The molecule has 0 aliphatic carbocycles. The lowest BCUT2D eigenvalue weighted by Gasteiger charge is -2.19. The molecule has 2 aromatic heterocycles. The summed E-state index contributed by atoms with van der Waals surface area (Å²) in [5.41, 5.74) is 2.38. The summed E-state index contributed by atoms with van der Waals surface area (Å²) in [6, 6.07) is 8.60. The van der Waals surface area contributed by atoms with Gasteiger partial charge in [0.05, 0.1) is 6.54 Å². The molecule has 0 aliphatic rings. The molecule has 1 N–H and O–H groups in total. The molecule has 108 valence electrons. The molecule has 2 aromatic rings. The number of hydrogen-bond donors (Lipinski definition) is 1. The first kappa shape index (κ1) is 15.0. The van der Waals surface area contributed by atoms with Gasteiger partial charge in [-0.3, -0.25) is 0 Å². The first-order valence-corrected chi connectivity index (χ1v) is 7.99. The van der Waals surface area contributed by atoms with Crippen LogP contribution in [-0.2, 0) is 13.1 Å². The van der Waals surface area contributed by atoms with Crippen LogP contribution in [0.3, 0.4) is 0 Å². The van der Waals surface area contributed by atoms with Crippen LogP contribution >= 0.6 is 11.3 Å². The highest BCUT2D eigenvalue weighted by Crippen LogP contribution is 2.18. The maximum Gasteiger partial charge on any atom is 0.129 e. The SMILES string of the molecule is CCCNCc1cc(C)nc(N(C)Cc2cccs2)c1. The quantitative estimate of drug-likeness (QED) is 0.790. The lowest BCUT2D eigenvalue weighted by atomic mass is 10.2. The Kier molecular flexibility index (Phi) is 5.56. The van der Waals surface area contributed by atoms with E-state index in [0.29, 0.717) is 0 Å². The summed E-state index contributed by atoms with van der Waals surface area (Å²) in [4.78, 5) is 8.22. The molecule has 0 spiro atoms. The van der Waals surface area contributed by atoms with Gasteiger partial charge in [-0.1, -0.05) is 13.0 Å². The minimum absolute atomic E-state index is 0.913. The van der Waals surface area contributed by atoms with Crippen LogP contribution in [0.2, 0.25) is 0 Å². The molecule has 4 heteroatoms. The van der Waals surface area contributed by atoms with Crippen molar-refractivity contribution in [1.29, 1.82) is 0 Å². The fourth-order valence-electron chi connectivity index (χ4n) is 2.15. The van der Waals surface area contributed by atoms with Gasteiger partial charge < -0.3 is 10.2 Å². The average molecular weight is 289 g/mol. The van der Waals surface area contributed by atoms with Crippen LogP contribution in [0.25, 0.3) is 0 Å². The van der Waals surface area contributed by atoms with Gasteiger partial charge in [0.2, 0.25) is 0 Å². The Hall–Kier alpha value is -1.39. The zero-order valence-corrected chi connectivity index (χ0v) is 13.3. The Balaban J connectivity index is 2.06. The lowest BCUT2D eigenvalue weighted by molar-refractivity contribution is 0.674. The Morgan fingerprint density at radius 2 is 2.20 bits per heavy atom. The third-order valence-corrected chi connectivity index (χ3v) is 3.98. The highest BCUT2D eigenvalue weighted by molar-refractivity contribution is 7.09. The zero-order chi connectivity index (χ0) is 14.4. The number of rotatable bonds is 7. The van der Waals surface area contributed by atoms with Gasteiger partial charge in [0.15, 0.2) is 0 Å². The second-order valence-corrected chi connectivity index (χ2v) is 6.12. The summed E-state index contributed by atoms with van der Waals surface area (Å²) in [6.07, 6.45) is 1.16. The Morgan fingerprint density at radius 1 is 1.35 bits per heavy atom. The summed E-state index contributed by atoms with van der Waals surface area (Å²) in [5.74, 6) is 1.05. The smallest absolute Gasteiger partial charge is 0.129 e. The second-order valence-electron chi connectivity index (χ2n) is 5.09. The standard InChI is InChI=1S/C16H23N3S/c1-4-7-17-11-14-9-13(2)18-16(10-14)19(3)12-15-6-5-8-20-15/h5-6,8-10,17H,4,7,11-12H2,1-3H3. The van der Waals surface area contributed by atoms with Gasteiger partial charge in [0, 0.05) is 24.2 Å². The minimum Gasteiger partial charge on any atom is -0.355 e. The molecular weight excluding hydrogens is 266 g/mol. The Bertz CT molecular complexity index is 523. The van der Waals surface area contributed by atoms with E-state index in [0.717, 1.165) is 37.6 Å². The number of anilines is 1. The van der Waals surface area contributed by atoms with Crippen molar-refractivity contribution in [2.45, 2.75) is 33.4 Å². The van der Waals surface area contributed by atoms with Crippen LogP contribution in [0, 0.1) is 6.92 Å². The van der Waals surface area contributed by atoms with Crippen molar-refractivity contribution in [3.8, 4) is 0 Å². The molecule has 0 fully saturated rings. The van der Waals surface area contributed by atoms with E-state index in [1.165, 1.54) is 10.4 Å². The van der Waals surface area contributed by atoms with Crippen molar-refractivity contribution in [1.82, 2.24) is 10.3 Å². The molecule has 3 nitrogen and oxygen atoms in total. The number of aromatic nitrogens is 1. The fourth-order valence-corrected chi connectivity index (χ4v) is 2.90. The molecule has 0 radical (unpaired) electrons. The number of thiophene rings is 1. The molecule has 0 bridgehead atoms. The van der Waals surface area contributed by atoms with Gasteiger partial charge in [-0.2, -0.15) is 0 Å². The van der Waals surface area contributed by atoms with Crippen LogP contribution in [0.5, 0.6) is 0 Å². The second kappa shape index (κ2) is 7.41. The molecule has 0 unspecified atom stereocenters. The maximum atomic E-state index is 4.65. The zero-order valence-electron chi connectivity index (χ0n) is 12.5. The first-order valence-electron chi connectivity index (χ1n) is 7.11.